The molecule has 7 aromatic carbocycles. The number of hydrogen-bond acceptors (Lipinski definition) is 11. The number of aromatic nitrogens is 1. The Morgan fingerprint density at radius 1 is 0.416 bits per heavy atom. The Kier molecular flexibility index (Phi) is 31.0. The number of thiophene rings is 1. The molecule has 1 unspecified atom stereocenters. The molecule has 89 heavy (non-hydrogen) atoms. The van der Waals surface area contributed by atoms with Gasteiger partial charge in [0.05, 0.1) is 0 Å². The summed E-state index contributed by atoms with van der Waals surface area (Å²) in [6.45, 7) is 16.9. The summed E-state index contributed by atoms with van der Waals surface area (Å²) in [5.74, 6) is 0.499. The van der Waals surface area contributed by atoms with E-state index in [1.807, 2.05) is 212 Å². The first-order valence-corrected chi connectivity index (χ1v) is 28.7. The smallest absolute Gasteiger partial charge is 0.0461 e. The molecule has 16 heteroatoms. The third-order valence-corrected chi connectivity index (χ3v) is 14.4. The van der Waals surface area contributed by atoms with Crippen molar-refractivity contribution in [1.82, 2.24) is 19.7 Å². The van der Waals surface area contributed by atoms with Gasteiger partial charge in [-0.2, -0.15) is 135 Å². The minimum atomic E-state index is 0. The topological polar surface area (TPSA) is 42.1 Å². The van der Waals surface area contributed by atoms with Gasteiger partial charge >= 0.3 is 0 Å². The molecule has 0 amide bonds. The van der Waals surface area contributed by atoms with Crippen molar-refractivity contribution in [2.24, 2.45) is 5.92 Å². The van der Waals surface area contributed by atoms with E-state index < -0.39 is 0 Å². The molecule has 0 N–H and O–H groups in total. The molecule has 14 rings (SSSR count). The maximum atomic E-state index is 4.36. The van der Waals surface area contributed by atoms with E-state index >= 15 is 0 Å². The van der Waals surface area contributed by atoms with Crippen LogP contribution in [-0.2, 0) is 101 Å². The normalized spacial score (nSPS) is 14.6. The number of benzene rings is 7. The molecular weight excluding hydrogens is 2010 g/mol. The summed E-state index contributed by atoms with van der Waals surface area (Å²) in [4.78, 5) is 24.3. The largest absolute Gasteiger partial charge is 0.520 e. The van der Waals surface area contributed by atoms with E-state index in [4.69, 9.17) is 0 Å². The van der Waals surface area contributed by atoms with Gasteiger partial charge in [-0.1, -0.05) is 73.7 Å². The monoisotopic (exact) mass is 2080 g/mol. The summed E-state index contributed by atoms with van der Waals surface area (Å²) >= 11 is 1.76. The first-order chi connectivity index (χ1) is 41.2. The zero-order chi connectivity index (χ0) is 57.9. The summed E-state index contributed by atoms with van der Waals surface area (Å²) < 4.78 is 0. The van der Waals surface area contributed by atoms with Gasteiger partial charge in [0.25, 0.3) is 0 Å². The number of rotatable bonds is 10. The number of pyridine rings is 1. The molecule has 2 aromatic heterocycles. The van der Waals surface area contributed by atoms with Gasteiger partial charge in [0, 0.05) is 123 Å². The van der Waals surface area contributed by atoms with Crippen molar-refractivity contribution in [2.45, 2.75) is 26.8 Å². The van der Waals surface area contributed by atoms with Crippen LogP contribution in [0.3, 0.4) is 0 Å². The van der Waals surface area contributed by atoms with Crippen molar-refractivity contribution in [1.29, 1.82) is 0 Å². The van der Waals surface area contributed by atoms with Crippen molar-refractivity contribution in [3.63, 3.8) is 0 Å². The van der Waals surface area contributed by atoms with E-state index in [-0.39, 0.29) is 101 Å². The predicted molar refractivity (Wildman–Crippen MR) is 349 cm³/mol. The Labute approximate surface area is 600 Å². The van der Waals surface area contributed by atoms with E-state index in [1.165, 1.54) is 21.6 Å². The van der Waals surface area contributed by atoms with Crippen molar-refractivity contribution in [3.05, 3.63) is 331 Å². The van der Waals surface area contributed by atoms with Crippen molar-refractivity contribution in [2.75, 3.05) is 43.5 Å². The molecular formula is C73H66Ir5N10S-10. The van der Waals surface area contributed by atoms with E-state index in [0.717, 1.165) is 45.4 Å². The summed E-state index contributed by atoms with van der Waals surface area (Å²) in [5.41, 5.74) is 12.2. The number of nitrogens with zero attached hydrogens (tertiary/aromatic N) is 10. The van der Waals surface area contributed by atoms with Crippen LogP contribution in [0.4, 0.5) is 34.1 Å². The van der Waals surface area contributed by atoms with E-state index in [0.29, 0.717) is 12.0 Å². The second-order valence-corrected chi connectivity index (χ2v) is 21.0. The third-order valence-electron chi connectivity index (χ3n) is 13.4. The van der Waals surface area contributed by atoms with Gasteiger partial charge in [0.2, 0.25) is 0 Å². The molecule has 5 radical (unpaired) electrons. The van der Waals surface area contributed by atoms with E-state index in [9.17, 15) is 0 Å². The van der Waals surface area contributed by atoms with Gasteiger partial charge in [-0.15, -0.1) is 87.2 Å². The maximum absolute atomic E-state index is 4.36. The first kappa shape index (κ1) is 73.3. The third kappa shape index (κ3) is 21.3. The summed E-state index contributed by atoms with van der Waals surface area (Å²) in [7, 11) is 4.01. The summed E-state index contributed by atoms with van der Waals surface area (Å²) in [6.07, 6.45) is 22.3. The Hall–Kier alpha value is -6.46. The van der Waals surface area contributed by atoms with Crippen LogP contribution in [0.15, 0.2) is 268 Å². The minimum Gasteiger partial charge on any atom is -0.520 e. The van der Waals surface area contributed by atoms with Crippen LogP contribution in [0.2, 0.25) is 0 Å². The van der Waals surface area contributed by atoms with Crippen LogP contribution in [-0.4, -0.2) is 39.8 Å². The van der Waals surface area contributed by atoms with Crippen LogP contribution >= 0.6 is 11.3 Å². The number of anilines is 6. The zero-order valence-electron chi connectivity index (χ0n) is 49.5. The predicted octanol–water partition coefficient (Wildman–Crippen LogP) is 16.7. The fraction of sp³-hybridized carbons (Fsp3) is 0.0959. The molecule has 0 bridgehead atoms. The molecule has 0 saturated carbocycles. The molecule has 0 saturated heterocycles. The van der Waals surface area contributed by atoms with Crippen molar-refractivity contribution < 1.29 is 101 Å². The molecule has 1 atom stereocenters. The van der Waals surface area contributed by atoms with Gasteiger partial charge in [0.15, 0.2) is 0 Å². The first-order valence-electron chi connectivity index (χ1n) is 27.8. The van der Waals surface area contributed by atoms with E-state index in [1.54, 1.807) is 17.5 Å². The van der Waals surface area contributed by atoms with E-state index in [2.05, 4.69) is 197 Å². The molecule has 0 spiro atoms. The summed E-state index contributed by atoms with van der Waals surface area (Å²) in [6, 6.07) is 81.9. The van der Waals surface area contributed by atoms with Crippen LogP contribution in [0.1, 0.15) is 20.8 Å². The maximum Gasteiger partial charge on any atom is 0.0461 e. The molecule has 0 fully saturated rings. The van der Waals surface area contributed by atoms with Crippen LogP contribution < -0.4 is 29.4 Å². The van der Waals surface area contributed by atoms with Gasteiger partial charge < -0.3 is 44.1 Å². The zero-order valence-corrected chi connectivity index (χ0v) is 62.3. The van der Waals surface area contributed by atoms with Crippen LogP contribution in [0.5, 0.6) is 0 Å². The Bertz CT molecular complexity index is 3450. The molecule has 5 aliphatic rings. The Balaban J connectivity index is 0.000000200. The molecule has 5 aliphatic heterocycles. The second kappa shape index (κ2) is 37.6. The summed E-state index contributed by atoms with van der Waals surface area (Å²) in [5, 5.41) is 2.10. The van der Waals surface area contributed by atoms with Crippen molar-refractivity contribution >= 4 is 45.5 Å². The Morgan fingerprint density at radius 3 is 1.43 bits per heavy atom. The molecule has 469 valence electrons. The van der Waals surface area contributed by atoms with Gasteiger partial charge in [-0.25, -0.2) is 6.54 Å². The fourth-order valence-corrected chi connectivity index (χ4v) is 9.72. The Morgan fingerprint density at radius 2 is 0.910 bits per heavy atom. The van der Waals surface area contributed by atoms with Gasteiger partial charge in [-0.3, -0.25) is 4.98 Å². The standard InChI is InChI=1S/C17H15N.C15H13N3.C15H12N2.C14H12N2S.C12H14N2.5Ir/c1-14-10-11-18(13-14)17-9-5-8-16(12-17)15-6-3-2-4-7-15;1-17-9-10-18(12-17)14-6-4-5-13(11-14)15-7-2-3-8-16-15;1-3-7-14(8-4-1)16-11-12-17(13-16)15-9-5-2-6-10-15;1-15-7-8-16(11-15)13-5-2-4-12(10-13)14-6-3-9-17-14;1-11(2)13-8-9-14(10-13)12-6-4-3-5-7-12;;;;;/h2-8,10-14H,1H3;2-5,7-12H,1H3;1-9,11-13H;2-4,6-11H,1H3;3-6,8-11H,1-2H3;;;;;/q5*-2;;;;;. The molecule has 9 aromatic rings. The number of hydrogen-bond donors (Lipinski definition) is 0. The molecule has 0 aliphatic carbocycles. The molecule has 10 nitrogen and oxygen atoms in total. The van der Waals surface area contributed by atoms with Crippen LogP contribution in [0.25, 0.3) is 32.8 Å². The average Bonchev–Trinajstić information content (AvgIpc) is 4.15. The van der Waals surface area contributed by atoms with Gasteiger partial charge in [0.1, 0.15) is 0 Å². The van der Waals surface area contributed by atoms with Crippen molar-refractivity contribution in [3.8, 4) is 32.8 Å². The van der Waals surface area contributed by atoms with Gasteiger partial charge in [-0.05, 0) is 131 Å². The fourth-order valence-electron chi connectivity index (χ4n) is 8.99. The SMILES string of the molecule is CC(C)N1C=CN(c2[c-]cccc2)[CH-]1.CC1C=CN(c2[c-]ccc(-c3ccccc3)c2)[CH-]1.CN1C=CN(c2[c-]ccc(-c3ccccn3)c2)[CH-]1.CN1C=CN(c2[c-]ccc(-c3cccs3)c2)[CH-]1.[Ir].[Ir].[Ir].[Ir].[Ir].[c-]1ccccc1N1C=CN(c2ccccc2)[CH-]1. The van der Waals surface area contributed by atoms with Crippen LogP contribution in [0, 0.1) is 69.5 Å². The minimum absolute atomic E-state index is 0. The number of para-hydroxylation sites is 3. The quantitative estimate of drug-likeness (QED) is 0.124. The molecule has 7 heterocycles. The average molecular weight is 2080 g/mol. The second-order valence-electron chi connectivity index (χ2n) is 20.1.